The molecule has 0 aromatic heterocycles. The molecule has 0 rings (SSSR count). The Balaban J connectivity index is 3.96. The highest BCUT2D eigenvalue weighted by Gasteiger charge is 2.12. The lowest BCUT2D eigenvalue weighted by Crippen LogP contribution is -2.13. The van der Waals surface area contributed by atoms with Gasteiger partial charge < -0.3 is 4.74 Å². The van der Waals surface area contributed by atoms with Crippen LogP contribution in [0.5, 0.6) is 0 Å². The molecule has 0 radical (unpaired) electrons. The van der Waals surface area contributed by atoms with Gasteiger partial charge in [0.25, 0.3) is 0 Å². The van der Waals surface area contributed by atoms with Gasteiger partial charge in [-0.05, 0) is 6.92 Å². The molecule has 0 amide bonds. The van der Waals surface area contributed by atoms with Crippen molar-refractivity contribution in [3.05, 3.63) is 0 Å². The molecule has 0 aromatic rings. The van der Waals surface area contributed by atoms with Gasteiger partial charge in [0.2, 0.25) is 11.8 Å². The lowest BCUT2D eigenvalue weighted by molar-refractivity contribution is 0.312. The van der Waals surface area contributed by atoms with Crippen LogP contribution in [0.1, 0.15) is 6.92 Å². The first-order valence-electron chi connectivity index (χ1n) is 2.76. The van der Waals surface area contributed by atoms with Crippen LogP contribution in [0.3, 0.4) is 0 Å². The third kappa shape index (κ3) is 2.15. The molecule has 0 fully saturated rings. The standard InChI is InChI=1S/C6H7N3O/c1-2-10-6(9)5(3-7)4-8/h5,9H,2H2,1H3. The maximum absolute atomic E-state index is 8.23. The highest BCUT2D eigenvalue weighted by molar-refractivity contribution is 5.80. The van der Waals surface area contributed by atoms with Crippen molar-refractivity contribution in [1.82, 2.24) is 0 Å². The van der Waals surface area contributed by atoms with Gasteiger partial charge in [-0.15, -0.1) is 0 Å². The smallest absolute Gasteiger partial charge is 0.213 e. The molecule has 0 unspecified atom stereocenters. The Hall–Kier alpha value is -1.55. The number of nitrogens with zero attached hydrogens (tertiary/aromatic N) is 2. The van der Waals surface area contributed by atoms with E-state index in [-0.39, 0.29) is 5.90 Å². The van der Waals surface area contributed by atoms with E-state index in [4.69, 9.17) is 15.9 Å². The Morgan fingerprint density at radius 2 is 2.10 bits per heavy atom. The molecule has 0 heterocycles. The number of hydrogen-bond acceptors (Lipinski definition) is 4. The summed E-state index contributed by atoms with van der Waals surface area (Å²) in [5, 5.41) is 23.4. The van der Waals surface area contributed by atoms with Crippen molar-refractivity contribution in [1.29, 1.82) is 15.9 Å². The maximum Gasteiger partial charge on any atom is 0.213 e. The number of hydrogen-bond donors (Lipinski definition) is 1. The monoisotopic (exact) mass is 137 g/mol. The van der Waals surface area contributed by atoms with E-state index < -0.39 is 5.92 Å². The van der Waals surface area contributed by atoms with Crippen LogP contribution in [0, 0.1) is 34.0 Å². The van der Waals surface area contributed by atoms with Crippen LogP contribution in [-0.4, -0.2) is 12.5 Å². The quantitative estimate of drug-likeness (QED) is 0.448. The second kappa shape index (κ2) is 4.34. The largest absolute Gasteiger partial charge is 0.480 e. The van der Waals surface area contributed by atoms with Crippen LogP contribution in [0.15, 0.2) is 0 Å². The van der Waals surface area contributed by atoms with Gasteiger partial charge in [0, 0.05) is 0 Å². The van der Waals surface area contributed by atoms with Crippen molar-refractivity contribution in [2.75, 3.05) is 6.61 Å². The molecule has 52 valence electrons. The lowest BCUT2D eigenvalue weighted by Gasteiger charge is -2.01. The molecule has 0 bridgehead atoms. The normalized spacial score (nSPS) is 8.00. The van der Waals surface area contributed by atoms with Crippen LogP contribution < -0.4 is 0 Å². The second-order valence-electron chi connectivity index (χ2n) is 1.49. The number of nitrogens with one attached hydrogen (secondary N) is 1. The fourth-order valence-electron chi connectivity index (χ4n) is 0.385. The van der Waals surface area contributed by atoms with E-state index in [0.29, 0.717) is 6.61 Å². The number of nitriles is 2. The zero-order valence-electron chi connectivity index (χ0n) is 5.59. The molecule has 0 aliphatic carbocycles. The molecule has 4 heteroatoms. The molecule has 0 atom stereocenters. The minimum Gasteiger partial charge on any atom is -0.480 e. The Bertz CT molecular complexity index is 184. The molecule has 0 saturated heterocycles. The van der Waals surface area contributed by atoms with Gasteiger partial charge in [-0.1, -0.05) is 0 Å². The first-order chi connectivity index (χ1) is 4.76. The zero-order valence-corrected chi connectivity index (χ0v) is 5.59. The molecule has 0 saturated carbocycles. The van der Waals surface area contributed by atoms with Gasteiger partial charge in [-0.3, -0.25) is 5.41 Å². The first-order valence-corrected chi connectivity index (χ1v) is 2.76. The molecule has 10 heavy (non-hydrogen) atoms. The maximum atomic E-state index is 8.23. The third-order valence-electron chi connectivity index (χ3n) is 0.820. The van der Waals surface area contributed by atoms with E-state index in [1.54, 1.807) is 19.1 Å². The van der Waals surface area contributed by atoms with Crippen LogP contribution in [-0.2, 0) is 4.74 Å². The van der Waals surface area contributed by atoms with Gasteiger partial charge in [0.15, 0.2) is 0 Å². The molecular weight excluding hydrogens is 130 g/mol. The summed E-state index contributed by atoms with van der Waals surface area (Å²) in [4.78, 5) is 0. The molecule has 0 aliphatic rings. The van der Waals surface area contributed by atoms with E-state index >= 15 is 0 Å². The summed E-state index contributed by atoms with van der Waals surface area (Å²) in [6.07, 6.45) is 0. The Morgan fingerprint density at radius 3 is 2.40 bits per heavy atom. The highest BCUT2D eigenvalue weighted by Crippen LogP contribution is 1.95. The summed E-state index contributed by atoms with van der Waals surface area (Å²) >= 11 is 0. The highest BCUT2D eigenvalue weighted by atomic mass is 16.5. The van der Waals surface area contributed by atoms with Crippen molar-refractivity contribution >= 4 is 5.90 Å². The summed E-state index contributed by atoms with van der Waals surface area (Å²) < 4.78 is 4.62. The van der Waals surface area contributed by atoms with Crippen molar-refractivity contribution in [3.63, 3.8) is 0 Å². The number of ether oxygens (including phenoxy) is 1. The van der Waals surface area contributed by atoms with Crippen LogP contribution in [0.25, 0.3) is 0 Å². The second-order valence-corrected chi connectivity index (χ2v) is 1.49. The summed E-state index contributed by atoms with van der Waals surface area (Å²) in [5.41, 5.74) is 0. The van der Waals surface area contributed by atoms with Crippen molar-refractivity contribution in [2.24, 2.45) is 5.92 Å². The van der Waals surface area contributed by atoms with Gasteiger partial charge >= 0.3 is 0 Å². The Labute approximate surface area is 59.1 Å². The van der Waals surface area contributed by atoms with E-state index in [1.165, 1.54) is 0 Å². The molecule has 0 aliphatic heterocycles. The SMILES string of the molecule is CCOC(=N)C(C#N)C#N. The minimum absolute atomic E-state index is 0.271. The molecule has 0 spiro atoms. The van der Waals surface area contributed by atoms with E-state index in [9.17, 15) is 0 Å². The van der Waals surface area contributed by atoms with Gasteiger partial charge in [0.05, 0.1) is 18.7 Å². The summed E-state index contributed by atoms with van der Waals surface area (Å²) in [7, 11) is 0. The van der Waals surface area contributed by atoms with Crippen molar-refractivity contribution in [2.45, 2.75) is 6.92 Å². The Kier molecular flexibility index (Phi) is 3.67. The fourth-order valence-corrected chi connectivity index (χ4v) is 0.385. The number of rotatable bonds is 2. The van der Waals surface area contributed by atoms with Crippen LogP contribution in [0.2, 0.25) is 0 Å². The van der Waals surface area contributed by atoms with Gasteiger partial charge in [-0.2, -0.15) is 10.5 Å². The third-order valence-corrected chi connectivity index (χ3v) is 0.820. The minimum atomic E-state index is -1.06. The first kappa shape index (κ1) is 8.45. The van der Waals surface area contributed by atoms with Gasteiger partial charge in [-0.25, -0.2) is 0 Å². The summed E-state index contributed by atoms with van der Waals surface area (Å²) in [6.45, 7) is 2.01. The fraction of sp³-hybridized carbons (Fsp3) is 0.500. The zero-order chi connectivity index (χ0) is 7.98. The van der Waals surface area contributed by atoms with E-state index in [2.05, 4.69) is 4.74 Å². The van der Waals surface area contributed by atoms with Crippen LogP contribution >= 0.6 is 0 Å². The average Bonchev–Trinajstić information content (AvgIpc) is 1.91. The van der Waals surface area contributed by atoms with E-state index in [1.807, 2.05) is 0 Å². The average molecular weight is 137 g/mol. The van der Waals surface area contributed by atoms with Crippen molar-refractivity contribution < 1.29 is 4.74 Å². The topological polar surface area (TPSA) is 80.7 Å². The van der Waals surface area contributed by atoms with E-state index in [0.717, 1.165) is 0 Å². The molecule has 4 nitrogen and oxygen atoms in total. The predicted molar refractivity (Wildman–Crippen MR) is 34.1 cm³/mol. The summed E-state index contributed by atoms with van der Waals surface area (Å²) in [6, 6.07) is 3.25. The molecular formula is C6H7N3O. The predicted octanol–water partition coefficient (Wildman–Crippen LogP) is 0.664. The van der Waals surface area contributed by atoms with Crippen molar-refractivity contribution in [3.8, 4) is 12.1 Å². The lowest BCUT2D eigenvalue weighted by atomic mass is 10.2. The summed E-state index contributed by atoms with van der Waals surface area (Å²) in [5.74, 6) is -1.33. The molecule has 1 N–H and O–H groups in total. The Morgan fingerprint density at radius 1 is 1.60 bits per heavy atom. The van der Waals surface area contributed by atoms with Crippen LogP contribution in [0.4, 0.5) is 0 Å². The van der Waals surface area contributed by atoms with Gasteiger partial charge in [0.1, 0.15) is 0 Å². The molecule has 0 aromatic carbocycles.